The van der Waals surface area contributed by atoms with Crippen molar-refractivity contribution in [2.45, 2.75) is 64.0 Å². The SMILES string of the molecule is CC1CCC(CN)CN1CC(=O)NC1CCCCC1. The minimum Gasteiger partial charge on any atom is -0.352 e. The minimum atomic E-state index is 0.205. The van der Waals surface area contributed by atoms with E-state index in [9.17, 15) is 4.79 Å². The van der Waals surface area contributed by atoms with Crippen molar-refractivity contribution < 1.29 is 4.79 Å². The number of hydrogen-bond donors (Lipinski definition) is 2. The first-order valence-electron chi connectivity index (χ1n) is 7.92. The summed E-state index contributed by atoms with van der Waals surface area (Å²) >= 11 is 0. The molecule has 1 heterocycles. The summed E-state index contributed by atoms with van der Waals surface area (Å²) in [5, 5.41) is 3.21. The van der Waals surface area contributed by atoms with Gasteiger partial charge in [-0.3, -0.25) is 9.69 Å². The van der Waals surface area contributed by atoms with Gasteiger partial charge < -0.3 is 11.1 Å². The zero-order chi connectivity index (χ0) is 13.7. The van der Waals surface area contributed by atoms with Gasteiger partial charge in [-0.1, -0.05) is 19.3 Å². The molecule has 4 nitrogen and oxygen atoms in total. The van der Waals surface area contributed by atoms with E-state index in [1.54, 1.807) is 0 Å². The Kier molecular flexibility index (Phi) is 5.64. The molecular formula is C15H29N3O. The van der Waals surface area contributed by atoms with Crippen LogP contribution in [0.5, 0.6) is 0 Å². The maximum absolute atomic E-state index is 12.1. The van der Waals surface area contributed by atoms with Gasteiger partial charge in [-0.05, 0) is 45.1 Å². The molecule has 19 heavy (non-hydrogen) atoms. The van der Waals surface area contributed by atoms with Crippen LogP contribution in [0.2, 0.25) is 0 Å². The molecule has 2 unspecified atom stereocenters. The first kappa shape index (κ1) is 14.8. The van der Waals surface area contributed by atoms with E-state index in [4.69, 9.17) is 5.73 Å². The smallest absolute Gasteiger partial charge is 0.234 e. The number of carbonyl (C=O) groups is 1. The Morgan fingerprint density at radius 1 is 1.21 bits per heavy atom. The van der Waals surface area contributed by atoms with E-state index in [0.29, 0.717) is 24.5 Å². The van der Waals surface area contributed by atoms with Crippen LogP contribution in [-0.2, 0) is 4.79 Å². The Balaban J connectivity index is 1.76. The second kappa shape index (κ2) is 7.25. The summed E-state index contributed by atoms with van der Waals surface area (Å²) in [7, 11) is 0. The number of piperidine rings is 1. The largest absolute Gasteiger partial charge is 0.352 e. The molecule has 1 aliphatic heterocycles. The first-order valence-corrected chi connectivity index (χ1v) is 7.92. The number of rotatable bonds is 4. The number of amides is 1. The van der Waals surface area contributed by atoms with E-state index in [2.05, 4.69) is 17.1 Å². The molecule has 1 saturated carbocycles. The molecule has 0 radical (unpaired) electrons. The van der Waals surface area contributed by atoms with Gasteiger partial charge in [-0.2, -0.15) is 0 Å². The van der Waals surface area contributed by atoms with E-state index in [1.165, 1.54) is 32.1 Å². The highest BCUT2D eigenvalue weighted by molar-refractivity contribution is 5.78. The molecule has 2 aliphatic rings. The van der Waals surface area contributed by atoms with Gasteiger partial charge >= 0.3 is 0 Å². The van der Waals surface area contributed by atoms with Gasteiger partial charge in [0.15, 0.2) is 0 Å². The van der Waals surface area contributed by atoms with Crippen molar-refractivity contribution in [2.75, 3.05) is 19.6 Å². The van der Waals surface area contributed by atoms with Gasteiger partial charge in [-0.25, -0.2) is 0 Å². The van der Waals surface area contributed by atoms with Crippen LogP contribution in [0.3, 0.4) is 0 Å². The monoisotopic (exact) mass is 267 g/mol. The number of nitrogens with two attached hydrogens (primary N) is 1. The minimum absolute atomic E-state index is 0.205. The molecule has 0 aromatic carbocycles. The lowest BCUT2D eigenvalue weighted by molar-refractivity contribution is -0.124. The van der Waals surface area contributed by atoms with Gasteiger partial charge in [0.25, 0.3) is 0 Å². The molecule has 0 aromatic rings. The Bertz CT molecular complexity index is 289. The van der Waals surface area contributed by atoms with E-state index in [0.717, 1.165) is 25.9 Å². The van der Waals surface area contributed by atoms with E-state index < -0.39 is 0 Å². The predicted octanol–water partition coefficient (Wildman–Crippen LogP) is 1.49. The maximum Gasteiger partial charge on any atom is 0.234 e. The van der Waals surface area contributed by atoms with E-state index in [-0.39, 0.29) is 5.91 Å². The standard InChI is InChI=1S/C15H29N3O/c1-12-7-8-13(9-16)10-18(12)11-15(19)17-14-5-3-2-4-6-14/h12-14H,2-11,16H2,1H3,(H,17,19). The quantitative estimate of drug-likeness (QED) is 0.811. The topological polar surface area (TPSA) is 58.4 Å². The lowest BCUT2D eigenvalue weighted by atomic mass is 9.93. The van der Waals surface area contributed by atoms with Crippen LogP contribution in [0.15, 0.2) is 0 Å². The van der Waals surface area contributed by atoms with Crippen molar-refractivity contribution in [1.29, 1.82) is 0 Å². The Morgan fingerprint density at radius 2 is 1.95 bits per heavy atom. The highest BCUT2D eigenvalue weighted by atomic mass is 16.2. The second-order valence-corrected chi connectivity index (χ2v) is 6.36. The molecule has 0 bridgehead atoms. The maximum atomic E-state index is 12.1. The number of likely N-dealkylation sites (tertiary alicyclic amines) is 1. The van der Waals surface area contributed by atoms with Gasteiger partial charge in [-0.15, -0.1) is 0 Å². The lowest BCUT2D eigenvalue weighted by Gasteiger charge is -2.37. The molecule has 2 rings (SSSR count). The molecule has 2 fully saturated rings. The van der Waals surface area contributed by atoms with Crippen molar-refractivity contribution in [3.8, 4) is 0 Å². The molecule has 0 spiro atoms. The van der Waals surface area contributed by atoms with Gasteiger partial charge in [0.05, 0.1) is 6.54 Å². The van der Waals surface area contributed by atoms with Crippen LogP contribution in [0, 0.1) is 5.92 Å². The van der Waals surface area contributed by atoms with Crippen LogP contribution >= 0.6 is 0 Å². The molecule has 1 saturated heterocycles. The predicted molar refractivity (Wildman–Crippen MR) is 77.8 cm³/mol. The summed E-state index contributed by atoms with van der Waals surface area (Å²) in [5.74, 6) is 0.773. The zero-order valence-electron chi connectivity index (χ0n) is 12.2. The third kappa shape index (κ3) is 4.46. The van der Waals surface area contributed by atoms with E-state index >= 15 is 0 Å². The molecule has 3 N–H and O–H groups in total. The fourth-order valence-corrected chi connectivity index (χ4v) is 3.38. The number of carbonyl (C=O) groups excluding carboxylic acids is 1. The van der Waals surface area contributed by atoms with Crippen LogP contribution in [0.1, 0.15) is 51.9 Å². The molecule has 0 aromatic heterocycles. The highest BCUT2D eigenvalue weighted by Gasteiger charge is 2.26. The third-order valence-electron chi connectivity index (χ3n) is 4.76. The van der Waals surface area contributed by atoms with Crippen molar-refractivity contribution in [1.82, 2.24) is 10.2 Å². The Hall–Kier alpha value is -0.610. The number of hydrogen-bond acceptors (Lipinski definition) is 3. The summed E-state index contributed by atoms with van der Waals surface area (Å²) in [4.78, 5) is 14.4. The summed E-state index contributed by atoms with van der Waals surface area (Å²) in [5.41, 5.74) is 5.76. The van der Waals surface area contributed by atoms with Crippen LogP contribution < -0.4 is 11.1 Å². The average Bonchev–Trinajstić information content (AvgIpc) is 2.42. The van der Waals surface area contributed by atoms with Gasteiger partial charge in [0, 0.05) is 18.6 Å². The van der Waals surface area contributed by atoms with Gasteiger partial charge in [0.1, 0.15) is 0 Å². The molecule has 110 valence electrons. The molecule has 1 aliphatic carbocycles. The molecule has 1 amide bonds. The van der Waals surface area contributed by atoms with E-state index in [1.807, 2.05) is 0 Å². The van der Waals surface area contributed by atoms with Crippen molar-refractivity contribution in [2.24, 2.45) is 11.7 Å². The van der Waals surface area contributed by atoms with Crippen molar-refractivity contribution in [3.05, 3.63) is 0 Å². The summed E-state index contributed by atoms with van der Waals surface area (Å²) < 4.78 is 0. The average molecular weight is 267 g/mol. The first-order chi connectivity index (χ1) is 9.19. The molecular weight excluding hydrogens is 238 g/mol. The van der Waals surface area contributed by atoms with Crippen LogP contribution in [-0.4, -0.2) is 42.5 Å². The zero-order valence-corrected chi connectivity index (χ0v) is 12.2. The molecule has 4 heteroatoms. The fourth-order valence-electron chi connectivity index (χ4n) is 3.38. The number of nitrogens with zero attached hydrogens (tertiary/aromatic N) is 1. The summed E-state index contributed by atoms with van der Waals surface area (Å²) in [6.07, 6.45) is 8.55. The Labute approximate surface area is 117 Å². The second-order valence-electron chi connectivity index (χ2n) is 6.36. The molecule has 2 atom stereocenters. The normalized spacial score (nSPS) is 30.2. The highest BCUT2D eigenvalue weighted by Crippen LogP contribution is 2.21. The summed E-state index contributed by atoms with van der Waals surface area (Å²) in [6.45, 7) is 4.50. The van der Waals surface area contributed by atoms with Crippen LogP contribution in [0.4, 0.5) is 0 Å². The number of nitrogens with one attached hydrogen (secondary N) is 1. The fraction of sp³-hybridized carbons (Fsp3) is 0.933. The lowest BCUT2D eigenvalue weighted by Crippen LogP contribution is -2.49. The third-order valence-corrected chi connectivity index (χ3v) is 4.76. The van der Waals surface area contributed by atoms with Crippen LogP contribution in [0.25, 0.3) is 0 Å². The van der Waals surface area contributed by atoms with Gasteiger partial charge in [0.2, 0.25) is 5.91 Å². The van der Waals surface area contributed by atoms with Crippen molar-refractivity contribution >= 4 is 5.91 Å². The Morgan fingerprint density at radius 3 is 2.63 bits per heavy atom. The summed E-state index contributed by atoms with van der Waals surface area (Å²) in [6, 6.07) is 0.937. The van der Waals surface area contributed by atoms with Crippen molar-refractivity contribution in [3.63, 3.8) is 0 Å².